The maximum atomic E-state index is 12.8. The zero-order chi connectivity index (χ0) is 18.0. The van der Waals surface area contributed by atoms with Crippen LogP contribution in [0.4, 0.5) is 19.0 Å². The molecule has 0 fully saturated rings. The van der Waals surface area contributed by atoms with Crippen molar-refractivity contribution < 1.29 is 13.2 Å². The van der Waals surface area contributed by atoms with Gasteiger partial charge in [-0.2, -0.15) is 18.4 Å². The molecule has 0 saturated heterocycles. The van der Waals surface area contributed by atoms with E-state index in [-0.39, 0.29) is 5.56 Å². The first-order valence-corrected chi connectivity index (χ1v) is 7.18. The van der Waals surface area contributed by atoms with Crippen LogP contribution in [0.3, 0.4) is 0 Å². The topological polar surface area (TPSA) is 75.6 Å². The second kappa shape index (κ2) is 6.24. The largest absolute Gasteiger partial charge is 0.416 e. The molecule has 1 aromatic heterocycles. The van der Waals surface area contributed by atoms with Gasteiger partial charge in [-0.3, -0.25) is 0 Å². The van der Waals surface area contributed by atoms with Gasteiger partial charge in [-0.25, -0.2) is 9.97 Å². The number of nitrogens with zero attached hydrogens (tertiary/aromatic N) is 3. The summed E-state index contributed by atoms with van der Waals surface area (Å²) in [6.45, 7) is 0. The predicted octanol–water partition coefficient (Wildman–Crippen LogP) is 4.28. The minimum atomic E-state index is -4.49. The standard InChI is InChI=1S/C18H11F3N4/c19-18(20,21)14-5-6-15(13(7-14)8-22)11-1-3-12(4-2-11)16-9-24-10-25-17(16)23/h1-7,9-10H,(H2,23,24,25). The number of halogens is 3. The van der Waals surface area contributed by atoms with Crippen LogP contribution in [0.2, 0.25) is 0 Å². The number of hydrogen-bond donors (Lipinski definition) is 1. The minimum absolute atomic E-state index is 0.0369. The molecule has 0 amide bonds. The molecule has 25 heavy (non-hydrogen) atoms. The van der Waals surface area contributed by atoms with E-state index < -0.39 is 11.7 Å². The number of benzene rings is 2. The van der Waals surface area contributed by atoms with Gasteiger partial charge in [0.1, 0.15) is 12.1 Å². The Balaban J connectivity index is 2.01. The summed E-state index contributed by atoms with van der Waals surface area (Å²) in [7, 11) is 0. The quantitative estimate of drug-likeness (QED) is 0.755. The van der Waals surface area contributed by atoms with E-state index >= 15 is 0 Å². The zero-order valence-corrected chi connectivity index (χ0v) is 12.7. The second-order valence-electron chi connectivity index (χ2n) is 5.27. The minimum Gasteiger partial charge on any atom is -0.383 e. The van der Waals surface area contributed by atoms with Crippen molar-refractivity contribution in [2.24, 2.45) is 0 Å². The summed E-state index contributed by atoms with van der Waals surface area (Å²) in [5.41, 5.74) is 7.40. The lowest BCUT2D eigenvalue weighted by atomic mass is 9.96. The summed E-state index contributed by atoms with van der Waals surface area (Å²) < 4.78 is 38.4. The van der Waals surface area contributed by atoms with Crippen molar-refractivity contribution in [3.8, 4) is 28.3 Å². The molecule has 2 aromatic carbocycles. The molecule has 1 heterocycles. The van der Waals surface area contributed by atoms with Crippen molar-refractivity contribution in [2.45, 2.75) is 6.18 Å². The lowest BCUT2D eigenvalue weighted by Crippen LogP contribution is -2.05. The Hall–Kier alpha value is -3.40. The molecular weight excluding hydrogens is 329 g/mol. The summed E-state index contributed by atoms with van der Waals surface area (Å²) in [6.07, 6.45) is -1.57. The number of aromatic nitrogens is 2. The number of nitriles is 1. The van der Waals surface area contributed by atoms with Crippen LogP contribution >= 0.6 is 0 Å². The van der Waals surface area contributed by atoms with Crippen molar-refractivity contribution in [3.05, 3.63) is 66.1 Å². The van der Waals surface area contributed by atoms with Crippen LogP contribution in [0.5, 0.6) is 0 Å². The number of anilines is 1. The highest BCUT2D eigenvalue weighted by Crippen LogP contribution is 2.34. The van der Waals surface area contributed by atoms with Crippen LogP contribution in [0, 0.1) is 11.3 Å². The smallest absolute Gasteiger partial charge is 0.383 e. The summed E-state index contributed by atoms with van der Waals surface area (Å²) in [5.74, 6) is 0.329. The molecule has 0 radical (unpaired) electrons. The van der Waals surface area contributed by atoms with Crippen molar-refractivity contribution in [1.82, 2.24) is 9.97 Å². The molecule has 0 aliphatic heterocycles. The number of nitrogen functional groups attached to an aromatic ring is 1. The van der Waals surface area contributed by atoms with Crippen molar-refractivity contribution in [3.63, 3.8) is 0 Å². The van der Waals surface area contributed by atoms with Crippen LogP contribution in [0.1, 0.15) is 11.1 Å². The number of nitrogens with two attached hydrogens (primary N) is 1. The van der Waals surface area contributed by atoms with E-state index in [1.54, 1.807) is 30.5 Å². The Morgan fingerprint density at radius 1 is 0.960 bits per heavy atom. The van der Waals surface area contributed by atoms with Crippen LogP contribution in [0.25, 0.3) is 22.3 Å². The number of alkyl halides is 3. The van der Waals surface area contributed by atoms with Crippen LogP contribution in [-0.2, 0) is 6.18 Å². The summed E-state index contributed by atoms with van der Waals surface area (Å²) in [6, 6.07) is 11.9. The van der Waals surface area contributed by atoms with Gasteiger partial charge >= 0.3 is 6.18 Å². The van der Waals surface area contributed by atoms with Crippen LogP contribution in [0.15, 0.2) is 55.0 Å². The molecule has 3 rings (SSSR count). The molecule has 0 unspecified atom stereocenters. The fraction of sp³-hybridized carbons (Fsp3) is 0.0556. The summed E-state index contributed by atoms with van der Waals surface area (Å²) in [4.78, 5) is 7.84. The van der Waals surface area contributed by atoms with Crippen molar-refractivity contribution in [2.75, 3.05) is 5.73 Å². The molecule has 0 saturated carbocycles. The second-order valence-corrected chi connectivity index (χ2v) is 5.27. The number of rotatable bonds is 2. The highest BCUT2D eigenvalue weighted by atomic mass is 19.4. The molecule has 0 aliphatic rings. The Labute approximate surface area is 141 Å². The first kappa shape index (κ1) is 16.5. The maximum Gasteiger partial charge on any atom is 0.416 e. The Kier molecular flexibility index (Phi) is 4.11. The SMILES string of the molecule is N#Cc1cc(C(F)(F)F)ccc1-c1ccc(-c2cncnc2N)cc1. The van der Waals surface area contributed by atoms with E-state index in [4.69, 9.17) is 5.73 Å². The van der Waals surface area contributed by atoms with Gasteiger partial charge < -0.3 is 5.73 Å². The zero-order valence-electron chi connectivity index (χ0n) is 12.7. The van der Waals surface area contributed by atoms with Crippen molar-refractivity contribution >= 4 is 5.82 Å². The van der Waals surface area contributed by atoms with Gasteiger partial charge in [0.2, 0.25) is 0 Å². The predicted molar refractivity (Wildman–Crippen MR) is 87.0 cm³/mol. The van der Waals surface area contributed by atoms with Gasteiger partial charge in [0.25, 0.3) is 0 Å². The van der Waals surface area contributed by atoms with E-state index in [0.717, 1.165) is 17.7 Å². The molecule has 0 spiro atoms. The normalized spacial score (nSPS) is 11.1. The summed E-state index contributed by atoms with van der Waals surface area (Å²) in [5, 5.41) is 9.19. The molecule has 124 valence electrons. The fourth-order valence-corrected chi connectivity index (χ4v) is 2.46. The van der Waals surface area contributed by atoms with Gasteiger partial charge in [0.05, 0.1) is 17.2 Å². The van der Waals surface area contributed by atoms with E-state index in [9.17, 15) is 18.4 Å². The highest BCUT2D eigenvalue weighted by molar-refractivity contribution is 5.77. The van der Waals surface area contributed by atoms with Gasteiger partial charge in [-0.05, 0) is 28.8 Å². The third-order valence-electron chi connectivity index (χ3n) is 3.72. The average Bonchev–Trinajstić information content (AvgIpc) is 2.61. The molecule has 2 N–H and O–H groups in total. The fourth-order valence-electron chi connectivity index (χ4n) is 2.46. The van der Waals surface area contributed by atoms with E-state index in [1.807, 2.05) is 6.07 Å². The summed E-state index contributed by atoms with van der Waals surface area (Å²) >= 11 is 0. The van der Waals surface area contributed by atoms with Crippen molar-refractivity contribution in [1.29, 1.82) is 5.26 Å². The molecule has 7 heteroatoms. The lowest BCUT2D eigenvalue weighted by Gasteiger charge is -2.11. The van der Waals surface area contributed by atoms with E-state index in [1.165, 1.54) is 12.4 Å². The maximum absolute atomic E-state index is 12.8. The first-order valence-electron chi connectivity index (χ1n) is 7.18. The van der Waals surface area contributed by atoms with Gasteiger partial charge in [-0.15, -0.1) is 0 Å². The van der Waals surface area contributed by atoms with E-state index in [0.29, 0.717) is 22.5 Å². The molecule has 4 nitrogen and oxygen atoms in total. The molecule has 0 aliphatic carbocycles. The Bertz CT molecular complexity index is 957. The van der Waals surface area contributed by atoms with Crippen LogP contribution in [-0.4, -0.2) is 9.97 Å². The first-order chi connectivity index (χ1) is 11.9. The Morgan fingerprint density at radius 2 is 1.60 bits per heavy atom. The lowest BCUT2D eigenvalue weighted by molar-refractivity contribution is -0.137. The Morgan fingerprint density at radius 3 is 2.16 bits per heavy atom. The molecular formula is C18H11F3N4. The average molecular weight is 340 g/mol. The van der Waals surface area contributed by atoms with Crippen LogP contribution < -0.4 is 5.73 Å². The van der Waals surface area contributed by atoms with Gasteiger partial charge in [-0.1, -0.05) is 30.3 Å². The molecule has 0 atom stereocenters. The monoisotopic (exact) mass is 340 g/mol. The number of hydrogen-bond acceptors (Lipinski definition) is 4. The molecule has 3 aromatic rings. The van der Waals surface area contributed by atoms with E-state index in [2.05, 4.69) is 9.97 Å². The third-order valence-corrected chi connectivity index (χ3v) is 3.72. The highest BCUT2D eigenvalue weighted by Gasteiger charge is 2.31. The van der Waals surface area contributed by atoms with Gasteiger partial charge in [0.15, 0.2) is 0 Å². The third kappa shape index (κ3) is 3.28. The molecule has 0 bridgehead atoms. The van der Waals surface area contributed by atoms with Gasteiger partial charge in [0, 0.05) is 11.8 Å².